The van der Waals surface area contributed by atoms with Gasteiger partial charge in [0, 0.05) is 17.6 Å². The molecule has 0 radical (unpaired) electrons. The highest BCUT2D eigenvalue weighted by Crippen LogP contribution is 2.51. The second kappa shape index (κ2) is 5.98. The number of aromatic hydroxyl groups is 1. The van der Waals surface area contributed by atoms with E-state index < -0.39 is 41.2 Å². The number of hydrogen-bond acceptors (Lipinski definition) is 6. The lowest BCUT2D eigenvalue weighted by Crippen LogP contribution is -2.54. The Morgan fingerprint density at radius 3 is 2.50 bits per heavy atom. The quantitative estimate of drug-likeness (QED) is 0.681. The molecule has 26 heavy (non-hydrogen) atoms. The van der Waals surface area contributed by atoms with Gasteiger partial charge in [-0.3, -0.25) is 24.6 Å². The molecular weight excluding hydrogens is 340 g/mol. The maximum atomic E-state index is 13.0. The molecule has 8 heteroatoms. The number of benzene rings is 1. The van der Waals surface area contributed by atoms with E-state index in [0.29, 0.717) is 5.56 Å². The first-order valence-corrected chi connectivity index (χ1v) is 8.39. The first kappa shape index (κ1) is 18.2. The zero-order chi connectivity index (χ0) is 19.4. The molecule has 2 amide bonds. The number of imide groups is 1. The Balaban J connectivity index is 2.16. The predicted molar refractivity (Wildman–Crippen MR) is 90.5 cm³/mol. The lowest BCUT2D eigenvalue weighted by molar-refractivity contribution is -0.151. The lowest BCUT2D eigenvalue weighted by Gasteiger charge is -2.28. The van der Waals surface area contributed by atoms with Crippen molar-refractivity contribution in [2.45, 2.75) is 38.4 Å². The molecule has 4 atom stereocenters. The summed E-state index contributed by atoms with van der Waals surface area (Å²) in [5.74, 6) is -4.08. The number of fused-ring (bicyclic) bond motifs is 1. The largest absolute Gasteiger partial charge is 0.504 e. The summed E-state index contributed by atoms with van der Waals surface area (Å²) in [6.45, 7) is 4.82. The topological polar surface area (TPSA) is 116 Å². The number of aliphatic carboxylic acids is 1. The highest BCUT2D eigenvalue weighted by molar-refractivity contribution is 6.09. The van der Waals surface area contributed by atoms with Crippen LogP contribution in [-0.2, 0) is 14.4 Å². The molecule has 2 heterocycles. The van der Waals surface area contributed by atoms with Gasteiger partial charge in [0.15, 0.2) is 11.5 Å². The molecule has 0 unspecified atom stereocenters. The summed E-state index contributed by atoms with van der Waals surface area (Å²) in [4.78, 5) is 38.9. The summed E-state index contributed by atoms with van der Waals surface area (Å²) < 4.78 is 5.11. The Morgan fingerprint density at radius 1 is 1.31 bits per heavy atom. The molecule has 8 nitrogen and oxygen atoms in total. The summed E-state index contributed by atoms with van der Waals surface area (Å²) in [6.07, 6.45) is 0. The average Bonchev–Trinajstić information content (AvgIpc) is 3.02. The number of para-hydroxylation sites is 1. The molecule has 0 bridgehead atoms. The van der Waals surface area contributed by atoms with Gasteiger partial charge in [-0.1, -0.05) is 12.1 Å². The van der Waals surface area contributed by atoms with Crippen LogP contribution in [0, 0.1) is 11.8 Å². The fourth-order valence-electron chi connectivity index (χ4n) is 4.09. The summed E-state index contributed by atoms with van der Waals surface area (Å²) >= 11 is 0. The van der Waals surface area contributed by atoms with Crippen molar-refractivity contribution in [2.75, 3.05) is 7.11 Å². The first-order valence-electron chi connectivity index (χ1n) is 8.39. The standard InChI is InChI=1S/C18H22N2O6/c1-8(2)20-15(22)11-12(16(20)23)18(3,17(24)25)19-13(11)9-6-5-7-10(26-4)14(9)21/h5-8,11-13,19,21H,1-4H3,(H,24,25)/t11-,12+,13+,18+/m1/s1. The monoisotopic (exact) mass is 362 g/mol. The van der Waals surface area contributed by atoms with Crippen molar-refractivity contribution in [1.29, 1.82) is 0 Å². The molecule has 0 saturated carbocycles. The number of carbonyl (C=O) groups excluding carboxylic acids is 2. The molecule has 2 aliphatic heterocycles. The third-order valence-electron chi connectivity index (χ3n) is 5.37. The molecule has 2 fully saturated rings. The molecule has 0 aromatic heterocycles. The number of nitrogens with zero attached hydrogens (tertiary/aromatic N) is 1. The van der Waals surface area contributed by atoms with Crippen LogP contribution in [0.3, 0.4) is 0 Å². The van der Waals surface area contributed by atoms with Gasteiger partial charge in [0.1, 0.15) is 5.54 Å². The highest BCUT2D eigenvalue weighted by atomic mass is 16.5. The van der Waals surface area contributed by atoms with Gasteiger partial charge < -0.3 is 14.9 Å². The number of amides is 2. The predicted octanol–water partition coefficient (Wildman–Crippen LogP) is 0.898. The van der Waals surface area contributed by atoms with Crippen LogP contribution in [0.4, 0.5) is 0 Å². The molecular formula is C18H22N2O6. The normalized spacial score (nSPS) is 30.8. The average molecular weight is 362 g/mol. The van der Waals surface area contributed by atoms with Crippen LogP contribution in [0.5, 0.6) is 11.5 Å². The maximum Gasteiger partial charge on any atom is 0.324 e. The van der Waals surface area contributed by atoms with E-state index in [0.717, 1.165) is 4.90 Å². The number of methoxy groups -OCH3 is 1. The van der Waals surface area contributed by atoms with Gasteiger partial charge in [-0.05, 0) is 26.8 Å². The van der Waals surface area contributed by atoms with Crippen molar-refractivity contribution < 1.29 is 29.3 Å². The molecule has 140 valence electrons. The van der Waals surface area contributed by atoms with Gasteiger partial charge in [0.25, 0.3) is 0 Å². The minimum Gasteiger partial charge on any atom is -0.504 e. The number of phenols is 1. The fraction of sp³-hybridized carbons (Fsp3) is 0.500. The van der Waals surface area contributed by atoms with Gasteiger partial charge in [0.05, 0.1) is 18.9 Å². The number of phenolic OH excluding ortho intramolecular Hbond substituents is 1. The molecule has 0 aliphatic carbocycles. The van der Waals surface area contributed by atoms with Gasteiger partial charge in [-0.25, -0.2) is 0 Å². The number of carbonyl (C=O) groups is 3. The fourth-order valence-corrected chi connectivity index (χ4v) is 4.09. The van der Waals surface area contributed by atoms with Gasteiger partial charge in [0.2, 0.25) is 11.8 Å². The van der Waals surface area contributed by atoms with E-state index in [4.69, 9.17) is 4.74 Å². The lowest BCUT2D eigenvalue weighted by atomic mass is 9.80. The second-order valence-corrected chi connectivity index (χ2v) is 7.17. The van der Waals surface area contributed by atoms with Crippen LogP contribution < -0.4 is 10.1 Å². The molecule has 2 aliphatic rings. The highest BCUT2D eigenvalue weighted by Gasteiger charge is 2.67. The summed E-state index contributed by atoms with van der Waals surface area (Å²) in [6, 6.07) is 3.59. The third-order valence-corrected chi connectivity index (χ3v) is 5.37. The zero-order valence-corrected chi connectivity index (χ0v) is 15.0. The zero-order valence-electron chi connectivity index (χ0n) is 15.0. The molecule has 2 saturated heterocycles. The van der Waals surface area contributed by atoms with Crippen LogP contribution in [0.2, 0.25) is 0 Å². The second-order valence-electron chi connectivity index (χ2n) is 7.17. The van der Waals surface area contributed by atoms with E-state index in [1.807, 2.05) is 0 Å². The van der Waals surface area contributed by atoms with Crippen molar-refractivity contribution >= 4 is 17.8 Å². The van der Waals surface area contributed by atoms with Crippen LogP contribution in [0.15, 0.2) is 18.2 Å². The number of hydrogen-bond donors (Lipinski definition) is 3. The van der Waals surface area contributed by atoms with Crippen LogP contribution >= 0.6 is 0 Å². The summed E-state index contributed by atoms with van der Waals surface area (Å²) in [5, 5.41) is 23.1. The molecule has 0 spiro atoms. The van der Waals surface area contributed by atoms with Crippen molar-refractivity contribution in [3.8, 4) is 11.5 Å². The molecule has 3 N–H and O–H groups in total. The first-order chi connectivity index (χ1) is 12.1. The van der Waals surface area contributed by atoms with Crippen molar-refractivity contribution in [3.05, 3.63) is 23.8 Å². The number of rotatable bonds is 4. The van der Waals surface area contributed by atoms with Crippen molar-refractivity contribution in [1.82, 2.24) is 10.2 Å². The van der Waals surface area contributed by atoms with E-state index in [1.54, 1.807) is 32.0 Å². The van der Waals surface area contributed by atoms with Crippen LogP contribution in [0.25, 0.3) is 0 Å². The van der Waals surface area contributed by atoms with Crippen LogP contribution in [0.1, 0.15) is 32.4 Å². The van der Waals surface area contributed by atoms with Gasteiger partial charge in [-0.15, -0.1) is 0 Å². The van der Waals surface area contributed by atoms with Gasteiger partial charge >= 0.3 is 5.97 Å². The Labute approximate surface area is 150 Å². The smallest absolute Gasteiger partial charge is 0.324 e. The molecule has 3 rings (SSSR count). The van der Waals surface area contributed by atoms with Crippen LogP contribution in [-0.4, -0.2) is 51.6 Å². The minimum atomic E-state index is -1.62. The number of carboxylic acid groups (broad SMARTS) is 1. The Hall–Kier alpha value is -2.61. The Kier molecular flexibility index (Phi) is 4.18. The third kappa shape index (κ3) is 2.28. The van der Waals surface area contributed by atoms with Gasteiger partial charge in [-0.2, -0.15) is 0 Å². The van der Waals surface area contributed by atoms with E-state index >= 15 is 0 Å². The maximum absolute atomic E-state index is 13.0. The number of ether oxygens (including phenoxy) is 1. The van der Waals surface area contributed by atoms with Crippen molar-refractivity contribution in [3.63, 3.8) is 0 Å². The van der Waals surface area contributed by atoms with Crippen molar-refractivity contribution in [2.24, 2.45) is 11.8 Å². The SMILES string of the molecule is COc1cccc([C@@H]2N[C@](C)(C(=O)O)[C@@H]3C(=O)N(C(C)C)C(=O)[C@H]32)c1O. The summed E-state index contributed by atoms with van der Waals surface area (Å²) in [5.41, 5.74) is -1.29. The molecule has 1 aromatic carbocycles. The summed E-state index contributed by atoms with van der Waals surface area (Å²) in [7, 11) is 1.40. The van der Waals surface area contributed by atoms with E-state index in [2.05, 4.69) is 5.32 Å². The number of nitrogens with one attached hydrogen (secondary N) is 1. The minimum absolute atomic E-state index is 0.177. The Bertz CT molecular complexity index is 792. The molecule has 1 aromatic rings. The Morgan fingerprint density at radius 2 is 1.96 bits per heavy atom. The number of likely N-dealkylation sites (tertiary alicyclic amines) is 1. The number of carboxylic acids is 1. The van der Waals surface area contributed by atoms with E-state index in [9.17, 15) is 24.6 Å². The van der Waals surface area contributed by atoms with E-state index in [-0.39, 0.29) is 17.5 Å². The van der Waals surface area contributed by atoms with E-state index in [1.165, 1.54) is 14.0 Å².